The summed E-state index contributed by atoms with van der Waals surface area (Å²) in [7, 11) is 0. The zero-order valence-corrected chi connectivity index (χ0v) is 13.5. The van der Waals surface area contributed by atoms with Crippen LogP contribution in [0, 0.1) is 0 Å². The van der Waals surface area contributed by atoms with Gasteiger partial charge in [0.05, 0.1) is 5.56 Å². The highest BCUT2D eigenvalue weighted by Gasteiger charge is 2.23. The van der Waals surface area contributed by atoms with Crippen molar-refractivity contribution in [3.05, 3.63) is 62.6 Å². The molecule has 1 amide bonds. The van der Waals surface area contributed by atoms with Crippen molar-refractivity contribution in [2.24, 2.45) is 0 Å². The van der Waals surface area contributed by atoms with Crippen molar-refractivity contribution in [1.29, 1.82) is 0 Å². The third-order valence-electron chi connectivity index (χ3n) is 3.65. The molecule has 1 N–H and O–H groups in total. The van der Waals surface area contributed by atoms with Crippen LogP contribution in [0.25, 0.3) is 0 Å². The molecular weight excluding hydrogens is 354 g/mol. The largest absolute Gasteiger partial charge is 0.508 e. The fraction of sp³-hybridized carbons (Fsp3) is 0.188. The van der Waals surface area contributed by atoms with Gasteiger partial charge in [0, 0.05) is 22.6 Å². The fourth-order valence-corrected chi connectivity index (χ4v) is 3.40. The molecule has 0 saturated heterocycles. The molecule has 0 unspecified atom stereocenters. The van der Waals surface area contributed by atoms with Crippen LogP contribution < -0.4 is 0 Å². The lowest BCUT2D eigenvalue weighted by atomic mass is 9.99. The molecular formula is C16H13BrClNO2. The lowest BCUT2D eigenvalue weighted by Gasteiger charge is -2.29. The molecule has 3 rings (SSSR count). The predicted molar refractivity (Wildman–Crippen MR) is 85.7 cm³/mol. The highest BCUT2D eigenvalue weighted by atomic mass is 79.9. The van der Waals surface area contributed by atoms with Crippen LogP contribution in [0.1, 0.15) is 21.5 Å². The fourth-order valence-electron chi connectivity index (χ4n) is 2.55. The van der Waals surface area contributed by atoms with E-state index in [0.29, 0.717) is 28.1 Å². The normalized spacial score (nSPS) is 13.9. The van der Waals surface area contributed by atoms with Crippen LogP contribution >= 0.6 is 27.5 Å². The molecule has 1 heterocycles. The number of benzene rings is 2. The molecule has 1 aliphatic heterocycles. The summed E-state index contributed by atoms with van der Waals surface area (Å²) >= 11 is 9.29. The van der Waals surface area contributed by atoms with Crippen LogP contribution in [-0.2, 0) is 13.0 Å². The zero-order chi connectivity index (χ0) is 15.0. The van der Waals surface area contributed by atoms with Crippen molar-refractivity contribution in [1.82, 2.24) is 4.90 Å². The van der Waals surface area contributed by atoms with Gasteiger partial charge in [-0.05, 0) is 63.8 Å². The number of carbonyl (C=O) groups is 1. The number of hydrogen-bond donors (Lipinski definition) is 1. The van der Waals surface area contributed by atoms with Crippen molar-refractivity contribution < 1.29 is 9.90 Å². The SMILES string of the molecule is O=C(c1ccc(Cl)cc1Br)N1CCc2ccc(O)cc2C1. The van der Waals surface area contributed by atoms with Gasteiger partial charge in [0.25, 0.3) is 5.91 Å². The van der Waals surface area contributed by atoms with E-state index in [-0.39, 0.29) is 11.7 Å². The van der Waals surface area contributed by atoms with E-state index < -0.39 is 0 Å². The van der Waals surface area contributed by atoms with Crippen molar-refractivity contribution in [3.8, 4) is 5.75 Å². The first-order valence-corrected chi connectivity index (χ1v) is 7.77. The first kappa shape index (κ1) is 14.4. The number of phenolic OH excluding ortho intramolecular Hbond substituents is 1. The molecule has 0 spiro atoms. The topological polar surface area (TPSA) is 40.5 Å². The van der Waals surface area contributed by atoms with Gasteiger partial charge in [-0.3, -0.25) is 4.79 Å². The lowest BCUT2D eigenvalue weighted by molar-refractivity contribution is 0.0733. The summed E-state index contributed by atoms with van der Waals surface area (Å²) in [5, 5.41) is 10.2. The van der Waals surface area contributed by atoms with Crippen molar-refractivity contribution >= 4 is 33.4 Å². The van der Waals surface area contributed by atoms with Crippen LogP contribution in [-0.4, -0.2) is 22.5 Å². The monoisotopic (exact) mass is 365 g/mol. The molecule has 0 aliphatic carbocycles. The molecule has 21 heavy (non-hydrogen) atoms. The Bertz CT molecular complexity index is 717. The Morgan fingerprint density at radius 3 is 2.76 bits per heavy atom. The van der Waals surface area contributed by atoms with Crippen LogP contribution in [0.5, 0.6) is 5.75 Å². The van der Waals surface area contributed by atoms with E-state index in [1.54, 1.807) is 35.2 Å². The Morgan fingerprint density at radius 1 is 1.19 bits per heavy atom. The molecule has 0 saturated carbocycles. The number of carbonyl (C=O) groups excluding carboxylic acids is 1. The number of amides is 1. The maximum Gasteiger partial charge on any atom is 0.255 e. The van der Waals surface area contributed by atoms with Gasteiger partial charge < -0.3 is 10.0 Å². The van der Waals surface area contributed by atoms with Crippen LogP contribution in [0.4, 0.5) is 0 Å². The summed E-state index contributed by atoms with van der Waals surface area (Å²) < 4.78 is 0.696. The maximum atomic E-state index is 12.6. The number of aromatic hydroxyl groups is 1. The molecule has 2 aromatic carbocycles. The van der Waals surface area contributed by atoms with E-state index >= 15 is 0 Å². The number of phenols is 1. The van der Waals surface area contributed by atoms with Crippen LogP contribution in [0.3, 0.4) is 0 Å². The summed E-state index contributed by atoms with van der Waals surface area (Å²) in [6.45, 7) is 1.18. The standard InChI is InChI=1S/C16H13BrClNO2/c17-15-8-12(18)2-4-14(15)16(21)19-6-5-10-1-3-13(20)7-11(10)9-19/h1-4,7-8,20H,5-6,9H2. The highest BCUT2D eigenvalue weighted by Crippen LogP contribution is 2.27. The van der Waals surface area contributed by atoms with Gasteiger partial charge in [-0.25, -0.2) is 0 Å². The van der Waals surface area contributed by atoms with Gasteiger partial charge in [-0.2, -0.15) is 0 Å². The van der Waals surface area contributed by atoms with E-state index in [1.165, 1.54) is 5.56 Å². The first-order valence-electron chi connectivity index (χ1n) is 6.59. The van der Waals surface area contributed by atoms with E-state index in [9.17, 15) is 9.90 Å². The second-order valence-corrected chi connectivity index (χ2v) is 6.34. The second kappa shape index (κ2) is 5.70. The number of rotatable bonds is 1. The number of hydrogen-bond acceptors (Lipinski definition) is 2. The Hall–Kier alpha value is -1.52. The maximum absolute atomic E-state index is 12.6. The third-order valence-corrected chi connectivity index (χ3v) is 4.54. The van der Waals surface area contributed by atoms with Gasteiger partial charge in [-0.15, -0.1) is 0 Å². The Kier molecular flexibility index (Phi) is 3.91. The number of fused-ring (bicyclic) bond motifs is 1. The molecule has 0 radical (unpaired) electrons. The minimum atomic E-state index is -0.0347. The minimum absolute atomic E-state index is 0.0347. The van der Waals surface area contributed by atoms with Crippen LogP contribution in [0.2, 0.25) is 5.02 Å². The van der Waals surface area contributed by atoms with E-state index in [1.807, 2.05) is 6.07 Å². The average Bonchev–Trinajstić information content (AvgIpc) is 2.46. The molecule has 5 heteroatoms. The molecule has 2 aromatic rings. The zero-order valence-electron chi connectivity index (χ0n) is 11.1. The number of halogens is 2. The molecule has 0 aromatic heterocycles. The van der Waals surface area contributed by atoms with Crippen molar-refractivity contribution in [2.45, 2.75) is 13.0 Å². The van der Waals surface area contributed by atoms with E-state index in [0.717, 1.165) is 12.0 Å². The van der Waals surface area contributed by atoms with Gasteiger partial charge in [0.1, 0.15) is 5.75 Å². The molecule has 0 fully saturated rings. The van der Waals surface area contributed by atoms with Gasteiger partial charge in [0.2, 0.25) is 0 Å². The predicted octanol–water partition coefficient (Wildman–Crippen LogP) is 4.01. The summed E-state index contributed by atoms with van der Waals surface area (Å²) in [6.07, 6.45) is 0.798. The third kappa shape index (κ3) is 2.92. The smallest absolute Gasteiger partial charge is 0.255 e. The summed E-state index contributed by atoms with van der Waals surface area (Å²) in [5.74, 6) is 0.197. The number of nitrogens with zero attached hydrogens (tertiary/aromatic N) is 1. The van der Waals surface area contributed by atoms with Gasteiger partial charge in [-0.1, -0.05) is 17.7 Å². The average molecular weight is 367 g/mol. The Balaban J connectivity index is 1.87. The summed E-state index contributed by atoms with van der Waals surface area (Å²) in [4.78, 5) is 14.4. The Labute approximate surface area is 136 Å². The summed E-state index contributed by atoms with van der Waals surface area (Å²) in [5.41, 5.74) is 2.79. The molecule has 1 aliphatic rings. The molecule has 0 bridgehead atoms. The van der Waals surface area contributed by atoms with E-state index in [2.05, 4.69) is 15.9 Å². The molecule has 108 valence electrons. The van der Waals surface area contributed by atoms with Crippen molar-refractivity contribution in [2.75, 3.05) is 6.54 Å². The van der Waals surface area contributed by atoms with Crippen molar-refractivity contribution in [3.63, 3.8) is 0 Å². The van der Waals surface area contributed by atoms with E-state index in [4.69, 9.17) is 11.6 Å². The van der Waals surface area contributed by atoms with Crippen LogP contribution in [0.15, 0.2) is 40.9 Å². The highest BCUT2D eigenvalue weighted by molar-refractivity contribution is 9.10. The molecule has 0 atom stereocenters. The Morgan fingerprint density at radius 2 is 2.00 bits per heavy atom. The summed E-state index contributed by atoms with van der Waals surface area (Å²) in [6, 6.07) is 10.5. The van der Waals surface area contributed by atoms with Gasteiger partial charge >= 0.3 is 0 Å². The lowest BCUT2D eigenvalue weighted by Crippen LogP contribution is -2.36. The molecule has 3 nitrogen and oxygen atoms in total. The second-order valence-electron chi connectivity index (χ2n) is 5.05. The quantitative estimate of drug-likeness (QED) is 0.828. The minimum Gasteiger partial charge on any atom is -0.508 e. The first-order chi connectivity index (χ1) is 10.0. The van der Waals surface area contributed by atoms with Gasteiger partial charge in [0.15, 0.2) is 0 Å².